The molecule has 0 aromatic rings. The molecular weight excluding hydrogens is 464 g/mol. The molecule has 0 N–H and O–H groups in total. The first-order valence-corrected chi connectivity index (χ1v) is 11.1. The summed E-state index contributed by atoms with van der Waals surface area (Å²) in [5, 5.41) is 23.1. The summed E-state index contributed by atoms with van der Waals surface area (Å²) in [4.78, 5) is 21.6. The van der Waals surface area contributed by atoms with E-state index in [1.54, 1.807) is 0 Å². The summed E-state index contributed by atoms with van der Waals surface area (Å²) in [6.45, 7) is 0. The van der Waals surface area contributed by atoms with Crippen molar-refractivity contribution in [1.29, 1.82) is 0 Å². The van der Waals surface area contributed by atoms with E-state index in [2.05, 4.69) is 9.47 Å². The summed E-state index contributed by atoms with van der Waals surface area (Å²) >= 11 is 0. The monoisotopic (exact) mass is 498 g/mol. The Morgan fingerprint density at radius 1 is 0.606 bits per heavy atom. The smallest absolute Gasteiger partial charge is 0.875 e. The molecule has 0 aromatic heterocycles. The van der Waals surface area contributed by atoms with E-state index in [-0.39, 0.29) is 40.5 Å². The van der Waals surface area contributed by atoms with Crippen molar-refractivity contribution in [1.82, 2.24) is 0 Å². The third-order valence-electron chi connectivity index (χ3n) is 4.99. The molecule has 182 valence electrons. The third kappa shape index (κ3) is 14.3. The number of methoxy groups -OCH3 is 2. The van der Waals surface area contributed by atoms with Crippen LogP contribution in [0.15, 0.2) is 71.3 Å². The van der Waals surface area contributed by atoms with Gasteiger partial charge in [0.15, 0.2) is 0 Å². The molecular formula is C26H34FeO6. The number of rotatable bonds is 12. The van der Waals surface area contributed by atoms with Crippen molar-refractivity contribution in [3.8, 4) is 0 Å². The quantitative estimate of drug-likeness (QED) is 0.176. The van der Waals surface area contributed by atoms with Crippen LogP contribution >= 0.6 is 0 Å². The van der Waals surface area contributed by atoms with E-state index >= 15 is 0 Å². The van der Waals surface area contributed by atoms with Crippen molar-refractivity contribution in [3.63, 3.8) is 0 Å². The molecule has 0 unspecified atom stereocenters. The molecule has 0 bridgehead atoms. The van der Waals surface area contributed by atoms with Crippen molar-refractivity contribution < 1.29 is 46.3 Å². The van der Waals surface area contributed by atoms with E-state index in [9.17, 15) is 19.8 Å². The fraction of sp³-hybridized carbons (Fsp3) is 0.462. The minimum atomic E-state index is -0.178. The number of hydrogen-bond acceptors (Lipinski definition) is 6. The molecule has 0 spiro atoms. The number of allylic oxidation sites excluding steroid dienone is 12. The number of unbranched alkanes of at least 4 members (excludes halogenated alkanes) is 4. The Hall–Kier alpha value is -2.50. The topological polar surface area (TPSA) is 98.7 Å². The van der Waals surface area contributed by atoms with Crippen LogP contribution in [0.25, 0.3) is 0 Å². The Morgan fingerprint density at radius 3 is 1.21 bits per heavy atom. The number of ether oxygens (including phenoxy) is 2. The van der Waals surface area contributed by atoms with E-state index < -0.39 is 0 Å². The van der Waals surface area contributed by atoms with Gasteiger partial charge in [-0.05, 0) is 36.8 Å². The van der Waals surface area contributed by atoms with Gasteiger partial charge in [0, 0.05) is 12.8 Å². The van der Waals surface area contributed by atoms with Crippen molar-refractivity contribution in [2.24, 2.45) is 0 Å². The van der Waals surface area contributed by atoms with Crippen LogP contribution in [0.4, 0.5) is 0 Å². The summed E-state index contributed by atoms with van der Waals surface area (Å²) in [5.41, 5.74) is 1.57. The van der Waals surface area contributed by atoms with Crippen molar-refractivity contribution >= 4 is 11.9 Å². The Kier molecular flexibility index (Phi) is 17.6. The van der Waals surface area contributed by atoms with Gasteiger partial charge >= 0.3 is 29.0 Å². The minimum absolute atomic E-state index is 0. The number of hydrogen-bond donors (Lipinski definition) is 0. The molecule has 7 heteroatoms. The van der Waals surface area contributed by atoms with Crippen LogP contribution in [0.2, 0.25) is 0 Å². The molecule has 0 heterocycles. The van der Waals surface area contributed by atoms with Crippen LogP contribution in [0.5, 0.6) is 0 Å². The molecule has 2 aliphatic carbocycles. The Labute approximate surface area is 207 Å². The SMILES string of the molecule is COC(=O)CCCCCC([O-])=C1C=CC=C1.COC(=O)CCCCCC([O-])=C1C=CC=C1.[Fe+2]. The van der Waals surface area contributed by atoms with Gasteiger partial charge in [-0.25, -0.2) is 0 Å². The Bertz CT molecular complexity index is 693. The molecule has 6 nitrogen and oxygen atoms in total. The largest absolute Gasteiger partial charge is 2.00 e. The molecule has 0 saturated carbocycles. The van der Waals surface area contributed by atoms with Crippen molar-refractivity contribution in [3.05, 3.63) is 71.3 Å². The van der Waals surface area contributed by atoms with Gasteiger partial charge in [-0.15, -0.1) is 11.5 Å². The summed E-state index contributed by atoms with van der Waals surface area (Å²) in [7, 11) is 2.78. The predicted molar refractivity (Wildman–Crippen MR) is 121 cm³/mol. The molecule has 0 radical (unpaired) electrons. The second kappa shape index (κ2) is 19.0. The van der Waals surface area contributed by atoms with Gasteiger partial charge in [0.05, 0.1) is 14.2 Å². The van der Waals surface area contributed by atoms with Gasteiger partial charge in [-0.3, -0.25) is 9.59 Å². The van der Waals surface area contributed by atoms with E-state index in [4.69, 9.17) is 0 Å². The number of carbonyl (C=O) groups excluding carboxylic acids is 2. The third-order valence-corrected chi connectivity index (χ3v) is 4.99. The van der Waals surface area contributed by atoms with Gasteiger partial charge in [0.1, 0.15) is 0 Å². The normalized spacial score (nSPS) is 12.8. The molecule has 0 saturated heterocycles. The molecule has 0 aromatic carbocycles. The zero-order valence-electron chi connectivity index (χ0n) is 19.5. The van der Waals surface area contributed by atoms with E-state index in [0.717, 1.165) is 49.7 Å². The van der Waals surface area contributed by atoms with Crippen LogP contribution in [0.1, 0.15) is 64.2 Å². The minimum Gasteiger partial charge on any atom is -0.875 e. The van der Waals surface area contributed by atoms with Crippen LogP contribution in [-0.4, -0.2) is 26.2 Å². The maximum Gasteiger partial charge on any atom is 2.00 e. The summed E-state index contributed by atoms with van der Waals surface area (Å²) in [6, 6.07) is 0. The summed E-state index contributed by atoms with van der Waals surface area (Å²) in [6.07, 6.45) is 21.8. The van der Waals surface area contributed by atoms with Gasteiger partial charge < -0.3 is 19.7 Å². The van der Waals surface area contributed by atoms with Crippen LogP contribution in [0.3, 0.4) is 0 Å². The van der Waals surface area contributed by atoms with Crippen molar-refractivity contribution in [2.75, 3.05) is 14.2 Å². The van der Waals surface area contributed by atoms with Crippen LogP contribution < -0.4 is 10.2 Å². The molecule has 0 aliphatic heterocycles. The van der Waals surface area contributed by atoms with Crippen LogP contribution in [0, 0.1) is 0 Å². The van der Waals surface area contributed by atoms with Gasteiger partial charge in [-0.2, -0.15) is 0 Å². The molecule has 0 fully saturated rings. The fourth-order valence-corrected chi connectivity index (χ4v) is 3.08. The van der Waals surface area contributed by atoms with Gasteiger partial charge in [0.25, 0.3) is 0 Å². The number of esters is 2. The summed E-state index contributed by atoms with van der Waals surface area (Å²) in [5.74, 6) is 0.0101. The Balaban J connectivity index is 0.000000602. The van der Waals surface area contributed by atoms with E-state index in [0.29, 0.717) is 25.7 Å². The van der Waals surface area contributed by atoms with E-state index in [1.807, 2.05) is 48.6 Å². The van der Waals surface area contributed by atoms with E-state index in [1.165, 1.54) is 14.2 Å². The van der Waals surface area contributed by atoms with Gasteiger partial charge in [-0.1, -0.05) is 74.3 Å². The maximum absolute atomic E-state index is 11.6. The predicted octanol–water partition coefficient (Wildman–Crippen LogP) is 3.70. The first-order chi connectivity index (χ1) is 15.5. The van der Waals surface area contributed by atoms with Crippen LogP contribution in [-0.2, 0) is 36.1 Å². The average Bonchev–Trinajstić information content (AvgIpc) is 3.53. The standard InChI is InChI=1S/2C13H18O3.Fe/c2*1-16-13(15)10-4-2-3-9-12(14)11-7-5-6-8-11;/h2*5-8,14H,2-4,9-10H2,1H3;/q;;+2/p-2. The average molecular weight is 498 g/mol. The van der Waals surface area contributed by atoms with Gasteiger partial charge in [0.2, 0.25) is 0 Å². The zero-order valence-corrected chi connectivity index (χ0v) is 20.6. The molecule has 2 rings (SSSR count). The second-order valence-electron chi connectivity index (χ2n) is 7.47. The summed E-state index contributed by atoms with van der Waals surface area (Å²) < 4.78 is 9.06. The first-order valence-electron chi connectivity index (χ1n) is 11.1. The zero-order chi connectivity index (χ0) is 23.6. The second-order valence-corrected chi connectivity index (χ2v) is 7.47. The maximum atomic E-state index is 11.6. The molecule has 2 aliphatic rings. The number of carbonyl (C=O) groups is 2. The fourth-order valence-electron chi connectivity index (χ4n) is 3.08. The molecule has 0 atom stereocenters. The Morgan fingerprint density at radius 2 is 0.909 bits per heavy atom. The van der Waals surface area contributed by atoms with Crippen molar-refractivity contribution in [2.45, 2.75) is 64.2 Å². The first kappa shape index (κ1) is 30.5. The molecule has 0 amide bonds. The molecule has 33 heavy (non-hydrogen) atoms.